The Bertz CT molecular complexity index is 889. The number of anilines is 1. The van der Waals surface area contributed by atoms with Crippen molar-refractivity contribution in [1.29, 1.82) is 0 Å². The van der Waals surface area contributed by atoms with Gasteiger partial charge in [0.2, 0.25) is 5.91 Å². The molecular weight excluding hydrogens is 384 g/mol. The van der Waals surface area contributed by atoms with Crippen LogP contribution in [-0.4, -0.2) is 19.1 Å². The fourth-order valence-corrected chi connectivity index (χ4v) is 3.40. The van der Waals surface area contributed by atoms with Crippen molar-refractivity contribution >= 4 is 33.8 Å². The van der Waals surface area contributed by atoms with E-state index in [0.717, 1.165) is 0 Å². The van der Waals surface area contributed by atoms with Crippen LogP contribution in [0.1, 0.15) is 38.8 Å². The second-order valence-corrected chi connectivity index (χ2v) is 10.3. The van der Waals surface area contributed by atoms with Crippen LogP contribution in [-0.2, 0) is 25.9 Å². The molecule has 0 saturated carbocycles. The molecule has 2 rings (SSSR count). The van der Waals surface area contributed by atoms with Crippen molar-refractivity contribution in [1.82, 2.24) is 0 Å². The molecule has 0 aliphatic carbocycles. The van der Waals surface area contributed by atoms with E-state index >= 15 is 0 Å². The predicted octanol–water partition coefficient (Wildman–Crippen LogP) is 3.63. The molecule has 0 bridgehead atoms. The molecule has 0 aliphatic rings. The lowest BCUT2D eigenvalue weighted by atomic mass is 9.92. The summed E-state index contributed by atoms with van der Waals surface area (Å²) in [4.78, 5) is 12.6. The lowest BCUT2D eigenvalue weighted by Gasteiger charge is -2.24. The third-order valence-electron chi connectivity index (χ3n) is 4.32. The van der Waals surface area contributed by atoms with Crippen molar-refractivity contribution in [3.05, 3.63) is 65.7 Å². The van der Waals surface area contributed by atoms with Crippen LogP contribution >= 0.6 is 12.4 Å². The molecule has 0 aliphatic heterocycles. The smallest absolute Gasteiger partial charge is 0.248 e. The quantitative estimate of drug-likeness (QED) is 0.787. The van der Waals surface area contributed by atoms with Gasteiger partial charge in [0.05, 0.1) is 10.5 Å². The molecule has 1 atom stereocenters. The summed E-state index contributed by atoms with van der Waals surface area (Å²) in [5.41, 5.74) is 6.86. The highest BCUT2D eigenvalue weighted by Crippen LogP contribution is 2.24. The maximum atomic E-state index is 12.6. The molecule has 7 heteroatoms. The van der Waals surface area contributed by atoms with Gasteiger partial charge in [-0.1, -0.05) is 42.5 Å². The molecule has 1 amide bonds. The summed E-state index contributed by atoms with van der Waals surface area (Å²) in [5, 5.41) is 2.79. The first-order valence-corrected chi connectivity index (χ1v) is 10.1. The Morgan fingerprint density at radius 3 is 2.15 bits per heavy atom. The summed E-state index contributed by atoms with van der Waals surface area (Å²) < 4.78 is 23.9. The van der Waals surface area contributed by atoms with E-state index in [4.69, 9.17) is 5.73 Å². The fraction of sp³-hybridized carbons (Fsp3) is 0.350. The molecule has 148 valence electrons. The van der Waals surface area contributed by atoms with E-state index in [1.165, 1.54) is 0 Å². The third kappa shape index (κ3) is 5.54. The zero-order valence-corrected chi connectivity index (χ0v) is 17.7. The largest absolute Gasteiger partial charge is 0.324 e. The van der Waals surface area contributed by atoms with Gasteiger partial charge in [0, 0.05) is 5.69 Å². The number of sulfone groups is 1. The zero-order chi connectivity index (χ0) is 19.6. The van der Waals surface area contributed by atoms with Crippen LogP contribution in [0.4, 0.5) is 5.69 Å². The Labute approximate surface area is 167 Å². The van der Waals surface area contributed by atoms with E-state index in [2.05, 4.69) is 5.32 Å². The van der Waals surface area contributed by atoms with E-state index in [1.54, 1.807) is 64.1 Å². The Morgan fingerprint density at radius 1 is 1.00 bits per heavy atom. The van der Waals surface area contributed by atoms with Crippen LogP contribution in [0, 0.1) is 0 Å². The summed E-state index contributed by atoms with van der Waals surface area (Å²) >= 11 is 0. The lowest BCUT2D eigenvalue weighted by molar-refractivity contribution is -0.120. The number of halogens is 1. The van der Waals surface area contributed by atoms with Gasteiger partial charge < -0.3 is 11.1 Å². The van der Waals surface area contributed by atoms with Crippen LogP contribution in [0.5, 0.6) is 0 Å². The van der Waals surface area contributed by atoms with Crippen LogP contribution in [0.15, 0.2) is 54.6 Å². The first kappa shape index (κ1) is 23.1. The molecule has 5 nitrogen and oxygen atoms in total. The maximum Gasteiger partial charge on any atom is 0.248 e. The Hall–Kier alpha value is -1.89. The van der Waals surface area contributed by atoms with Gasteiger partial charge in [0.25, 0.3) is 0 Å². The van der Waals surface area contributed by atoms with Crippen molar-refractivity contribution in [2.24, 2.45) is 5.73 Å². The number of rotatable bonds is 5. The molecule has 0 radical (unpaired) electrons. The molecule has 1 unspecified atom stereocenters. The number of benzene rings is 2. The first-order valence-electron chi connectivity index (χ1n) is 8.40. The monoisotopic (exact) mass is 410 g/mol. The topological polar surface area (TPSA) is 89.3 Å². The summed E-state index contributed by atoms with van der Waals surface area (Å²) in [6.07, 6.45) is 0. The maximum absolute atomic E-state index is 12.6. The van der Waals surface area contributed by atoms with Crippen LogP contribution in [0.2, 0.25) is 0 Å². The summed E-state index contributed by atoms with van der Waals surface area (Å²) in [6, 6.07) is 15.9. The molecule has 3 N–H and O–H groups in total. The van der Waals surface area contributed by atoms with Gasteiger partial charge in [0.1, 0.15) is 5.54 Å². The average molecular weight is 411 g/mol. The van der Waals surface area contributed by atoms with Crippen LogP contribution in [0.25, 0.3) is 0 Å². The molecule has 0 spiro atoms. The van der Waals surface area contributed by atoms with Crippen molar-refractivity contribution in [3.8, 4) is 0 Å². The predicted molar refractivity (Wildman–Crippen MR) is 113 cm³/mol. The first-order chi connectivity index (χ1) is 11.9. The molecule has 2 aromatic rings. The van der Waals surface area contributed by atoms with Crippen molar-refractivity contribution in [2.75, 3.05) is 5.32 Å². The highest BCUT2D eigenvalue weighted by Gasteiger charge is 2.31. The number of nitrogens with two attached hydrogens (primary N) is 1. The summed E-state index contributed by atoms with van der Waals surface area (Å²) in [7, 11) is -3.30. The Kier molecular flexibility index (Phi) is 7.22. The van der Waals surface area contributed by atoms with Gasteiger partial charge in [0.15, 0.2) is 9.84 Å². The van der Waals surface area contributed by atoms with E-state index in [1.807, 2.05) is 18.2 Å². The number of hydrogen-bond acceptors (Lipinski definition) is 4. The van der Waals surface area contributed by atoms with Crippen LogP contribution < -0.4 is 11.1 Å². The minimum absolute atomic E-state index is 0. The minimum Gasteiger partial charge on any atom is -0.324 e. The molecule has 0 heterocycles. The number of nitrogens with one attached hydrogen (secondary N) is 1. The molecular formula is C20H27ClN2O3S. The number of hydrogen-bond donors (Lipinski definition) is 2. The molecule has 27 heavy (non-hydrogen) atoms. The SMILES string of the molecule is CC(N)(C(=O)Nc1cccc(CS(=O)(=O)C(C)(C)C)c1)c1ccccc1.Cl. The Morgan fingerprint density at radius 2 is 1.59 bits per heavy atom. The molecule has 2 aromatic carbocycles. The van der Waals surface area contributed by atoms with Crippen molar-refractivity contribution in [2.45, 2.75) is 43.7 Å². The van der Waals surface area contributed by atoms with E-state index in [9.17, 15) is 13.2 Å². The van der Waals surface area contributed by atoms with Gasteiger partial charge in [-0.2, -0.15) is 0 Å². The van der Waals surface area contributed by atoms with Crippen LogP contribution in [0.3, 0.4) is 0 Å². The van der Waals surface area contributed by atoms with Crippen molar-refractivity contribution < 1.29 is 13.2 Å². The van der Waals surface area contributed by atoms with Gasteiger partial charge >= 0.3 is 0 Å². The second-order valence-electron chi connectivity index (χ2n) is 7.59. The average Bonchev–Trinajstić information content (AvgIpc) is 2.54. The van der Waals surface area contributed by atoms with Gasteiger partial charge in [-0.15, -0.1) is 12.4 Å². The standard InChI is InChI=1S/C20H26N2O3S.ClH/c1-19(2,3)26(24,25)14-15-9-8-12-17(13-15)22-18(23)20(4,21)16-10-6-5-7-11-16;/h5-13H,14,21H2,1-4H3,(H,22,23);1H. The highest BCUT2D eigenvalue weighted by atomic mass is 35.5. The van der Waals surface area contributed by atoms with E-state index < -0.39 is 20.1 Å². The molecule has 0 aromatic heterocycles. The summed E-state index contributed by atoms with van der Waals surface area (Å²) in [5.74, 6) is -0.446. The Balaban J connectivity index is 0.00000364. The zero-order valence-electron chi connectivity index (χ0n) is 16.0. The second kappa shape index (κ2) is 8.42. The number of amides is 1. The van der Waals surface area contributed by atoms with E-state index in [0.29, 0.717) is 16.8 Å². The lowest BCUT2D eigenvalue weighted by Crippen LogP contribution is -2.45. The van der Waals surface area contributed by atoms with Crippen molar-refractivity contribution in [3.63, 3.8) is 0 Å². The van der Waals surface area contributed by atoms with Gasteiger partial charge in [-0.25, -0.2) is 8.42 Å². The normalized spacial score (nSPS) is 14.0. The van der Waals surface area contributed by atoms with Gasteiger partial charge in [-0.05, 0) is 51.0 Å². The van der Waals surface area contributed by atoms with Gasteiger partial charge in [-0.3, -0.25) is 4.79 Å². The fourth-order valence-electron chi connectivity index (χ4n) is 2.35. The van der Waals surface area contributed by atoms with E-state index in [-0.39, 0.29) is 24.1 Å². The number of carbonyl (C=O) groups excluding carboxylic acids is 1. The molecule has 0 fully saturated rings. The summed E-state index contributed by atoms with van der Waals surface area (Å²) in [6.45, 7) is 6.67. The minimum atomic E-state index is -3.30. The third-order valence-corrected chi connectivity index (χ3v) is 6.90. The molecule has 0 saturated heterocycles. The number of carbonyl (C=O) groups is 1. The highest BCUT2D eigenvalue weighted by molar-refractivity contribution is 7.91.